The van der Waals surface area contributed by atoms with Gasteiger partial charge >= 0.3 is 0 Å². The molecule has 5 rings (SSSR count). The quantitative estimate of drug-likeness (QED) is 0.327. The van der Waals surface area contributed by atoms with Crippen molar-refractivity contribution in [3.05, 3.63) is 51.9 Å². The lowest BCUT2D eigenvalue weighted by Crippen LogP contribution is -2.33. The highest BCUT2D eigenvalue weighted by Crippen LogP contribution is 2.40. The number of ketones is 1. The Bertz CT molecular complexity index is 1280. The number of phenols is 1. The lowest BCUT2D eigenvalue weighted by atomic mass is 9.85. The van der Waals surface area contributed by atoms with Gasteiger partial charge in [0, 0.05) is 35.8 Å². The molecule has 1 aromatic heterocycles. The summed E-state index contributed by atoms with van der Waals surface area (Å²) in [5.41, 5.74) is 2.34. The van der Waals surface area contributed by atoms with Gasteiger partial charge in [0.05, 0.1) is 26.8 Å². The molecule has 1 aliphatic carbocycles. The van der Waals surface area contributed by atoms with E-state index in [1.54, 1.807) is 6.07 Å². The van der Waals surface area contributed by atoms with Crippen LogP contribution >= 0.6 is 23.2 Å². The molecule has 2 N–H and O–H groups in total. The second-order valence-corrected chi connectivity index (χ2v) is 10.9. The van der Waals surface area contributed by atoms with Crippen molar-refractivity contribution in [2.45, 2.75) is 51.5 Å². The molecule has 0 atom stereocenters. The second kappa shape index (κ2) is 10.5. The van der Waals surface area contributed by atoms with Crippen LogP contribution in [0.15, 0.2) is 30.5 Å². The Morgan fingerprint density at radius 1 is 1.11 bits per heavy atom. The molecule has 3 aromatic rings. The number of benzene rings is 2. The number of aromatic hydroxyl groups is 1. The van der Waals surface area contributed by atoms with Crippen molar-refractivity contribution in [3.8, 4) is 16.9 Å². The van der Waals surface area contributed by atoms with E-state index in [-0.39, 0.29) is 33.2 Å². The second-order valence-electron chi connectivity index (χ2n) is 10.1. The summed E-state index contributed by atoms with van der Waals surface area (Å²) >= 11 is 12.2. The van der Waals surface area contributed by atoms with E-state index in [0.29, 0.717) is 33.6 Å². The molecule has 2 aromatic carbocycles. The summed E-state index contributed by atoms with van der Waals surface area (Å²) in [6.07, 6.45) is 8.50. The number of likely N-dealkylation sites (tertiary alicyclic amines) is 1. The van der Waals surface area contributed by atoms with E-state index in [9.17, 15) is 9.90 Å². The third-order valence-electron chi connectivity index (χ3n) is 7.57. The molecule has 1 saturated carbocycles. The zero-order valence-corrected chi connectivity index (χ0v) is 21.8. The normalized spacial score (nSPS) is 20.7. The van der Waals surface area contributed by atoms with Crippen LogP contribution in [-0.4, -0.2) is 46.4 Å². The molecule has 0 unspecified atom stereocenters. The average Bonchev–Trinajstić information content (AvgIpc) is 3.36. The van der Waals surface area contributed by atoms with Gasteiger partial charge in [-0.2, -0.15) is 0 Å². The van der Waals surface area contributed by atoms with E-state index < -0.39 is 5.82 Å². The molecule has 2 fully saturated rings. The fourth-order valence-electron chi connectivity index (χ4n) is 5.60. The van der Waals surface area contributed by atoms with Crippen LogP contribution in [0.2, 0.25) is 10.0 Å². The number of phenolic OH excluding ortho intramolecular Hbond substituents is 1. The highest BCUT2D eigenvalue weighted by atomic mass is 35.5. The number of hydrogen-bond acceptors (Lipinski definition) is 5. The predicted molar refractivity (Wildman–Crippen MR) is 144 cm³/mol. The molecular weight excluding hydrogens is 500 g/mol. The number of aromatic nitrogens is 1. The molecule has 0 amide bonds. The summed E-state index contributed by atoms with van der Waals surface area (Å²) in [4.78, 5) is 19.5. The highest BCUT2D eigenvalue weighted by Gasteiger charge is 2.26. The van der Waals surface area contributed by atoms with Crippen LogP contribution in [-0.2, 0) is 0 Å². The van der Waals surface area contributed by atoms with Crippen molar-refractivity contribution < 1.29 is 14.3 Å². The van der Waals surface area contributed by atoms with Gasteiger partial charge in [-0.1, -0.05) is 23.2 Å². The average molecular weight is 530 g/mol. The number of Topliss-reactive ketones (excluding diaryl/α,β-unsaturated/α-hetero) is 1. The fraction of sp³-hybridized carbons (Fsp3) is 0.429. The number of hydrogen-bond donors (Lipinski definition) is 2. The van der Waals surface area contributed by atoms with Gasteiger partial charge in [0.2, 0.25) is 0 Å². The summed E-state index contributed by atoms with van der Waals surface area (Å²) in [5.74, 6) is -0.119. The first-order valence-electron chi connectivity index (χ1n) is 12.6. The number of nitrogens with zero attached hydrogens (tertiary/aromatic N) is 2. The third kappa shape index (κ3) is 5.17. The zero-order valence-electron chi connectivity index (χ0n) is 20.3. The van der Waals surface area contributed by atoms with Crippen molar-refractivity contribution in [2.24, 2.45) is 5.92 Å². The summed E-state index contributed by atoms with van der Waals surface area (Å²) in [7, 11) is 0. The van der Waals surface area contributed by atoms with Gasteiger partial charge in [-0.25, -0.2) is 4.39 Å². The van der Waals surface area contributed by atoms with Crippen LogP contribution in [0.4, 0.5) is 10.1 Å². The monoisotopic (exact) mass is 529 g/mol. The minimum atomic E-state index is -0.489. The predicted octanol–water partition coefficient (Wildman–Crippen LogP) is 7.32. The van der Waals surface area contributed by atoms with Crippen LogP contribution in [0.3, 0.4) is 0 Å². The topological polar surface area (TPSA) is 65.5 Å². The van der Waals surface area contributed by atoms with Crippen molar-refractivity contribution >= 4 is 45.6 Å². The molecule has 36 heavy (non-hydrogen) atoms. The SMILES string of the molecule is CC(=O)c1cnc2cc(F)c(-c3cc(Cl)c(O)c(Cl)c3)cc2c1N[C@H]1CC[C@H](CN2CCCC2)CC1. The first-order valence-corrected chi connectivity index (χ1v) is 13.4. The van der Waals surface area contributed by atoms with Gasteiger partial charge < -0.3 is 15.3 Å². The van der Waals surface area contributed by atoms with Crippen molar-refractivity contribution in [2.75, 3.05) is 25.0 Å². The molecular formula is C28H30Cl2FN3O2. The molecule has 0 spiro atoms. The van der Waals surface area contributed by atoms with Crippen molar-refractivity contribution in [3.63, 3.8) is 0 Å². The lowest BCUT2D eigenvalue weighted by molar-refractivity contribution is 0.101. The van der Waals surface area contributed by atoms with Gasteiger partial charge in [-0.3, -0.25) is 9.78 Å². The number of halogens is 3. The maximum Gasteiger partial charge on any atom is 0.163 e. The van der Waals surface area contributed by atoms with Gasteiger partial charge in [-0.05, 0) is 88.2 Å². The standard InChI is InChI=1S/C28H30Cl2FN3O2/c1-16(35)22-14-32-26-13-25(31)20(18-10-23(29)28(36)24(30)11-18)12-21(26)27(22)33-19-6-4-17(5-7-19)15-34-8-2-3-9-34/h10-14,17,19,36H,2-9,15H2,1H3,(H,32,33)/t17-,19-. The maximum absolute atomic E-state index is 15.1. The highest BCUT2D eigenvalue weighted by molar-refractivity contribution is 6.37. The minimum Gasteiger partial charge on any atom is -0.505 e. The lowest BCUT2D eigenvalue weighted by Gasteiger charge is -2.32. The smallest absolute Gasteiger partial charge is 0.163 e. The number of rotatable bonds is 6. The number of carbonyl (C=O) groups excluding carboxylic acids is 1. The van der Waals surface area contributed by atoms with E-state index in [2.05, 4.69) is 15.2 Å². The maximum atomic E-state index is 15.1. The summed E-state index contributed by atoms with van der Waals surface area (Å²) in [6.45, 7) is 5.15. The van der Waals surface area contributed by atoms with E-state index in [1.165, 1.54) is 63.8 Å². The number of fused-ring (bicyclic) bond motifs is 1. The Morgan fingerprint density at radius 2 is 1.78 bits per heavy atom. The van der Waals surface area contributed by atoms with E-state index in [1.807, 2.05) is 0 Å². The number of anilines is 1. The Hall–Kier alpha value is -2.41. The molecule has 0 bridgehead atoms. The van der Waals surface area contributed by atoms with Crippen LogP contribution in [0.25, 0.3) is 22.0 Å². The largest absolute Gasteiger partial charge is 0.505 e. The minimum absolute atomic E-state index is 0.0386. The van der Waals surface area contributed by atoms with Crippen LogP contribution < -0.4 is 5.32 Å². The Morgan fingerprint density at radius 3 is 2.42 bits per heavy atom. The van der Waals surface area contributed by atoms with Crippen LogP contribution in [0, 0.1) is 11.7 Å². The number of carbonyl (C=O) groups is 1. The first-order chi connectivity index (χ1) is 17.3. The van der Waals surface area contributed by atoms with Crippen LogP contribution in [0.5, 0.6) is 5.75 Å². The number of nitrogens with one attached hydrogen (secondary N) is 1. The Kier molecular flexibility index (Phi) is 7.38. The summed E-state index contributed by atoms with van der Waals surface area (Å²) in [5, 5.41) is 14.3. The Balaban J connectivity index is 1.46. The molecule has 8 heteroatoms. The molecule has 190 valence electrons. The van der Waals surface area contributed by atoms with Gasteiger partial charge in [-0.15, -0.1) is 0 Å². The molecule has 1 aliphatic heterocycles. The summed E-state index contributed by atoms with van der Waals surface area (Å²) in [6, 6.07) is 6.23. The van der Waals surface area contributed by atoms with Crippen molar-refractivity contribution in [1.29, 1.82) is 0 Å². The molecule has 5 nitrogen and oxygen atoms in total. The zero-order chi connectivity index (χ0) is 25.4. The third-order valence-corrected chi connectivity index (χ3v) is 8.15. The molecule has 0 radical (unpaired) electrons. The fourth-order valence-corrected chi connectivity index (χ4v) is 6.09. The Labute approximate surface area is 220 Å². The van der Waals surface area contributed by atoms with E-state index in [4.69, 9.17) is 23.2 Å². The van der Waals surface area contributed by atoms with Crippen molar-refractivity contribution in [1.82, 2.24) is 9.88 Å². The van der Waals surface area contributed by atoms with Gasteiger partial charge in [0.1, 0.15) is 5.82 Å². The first kappa shape index (κ1) is 25.2. The van der Waals surface area contributed by atoms with E-state index >= 15 is 4.39 Å². The number of pyridine rings is 1. The molecule has 1 saturated heterocycles. The molecule has 2 heterocycles. The van der Waals surface area contributed by atoms with E-state index in [0.717, 1.165) is 25.7 Å². The van der Waals surface area contributed by atoms with Gasteiger partial charge in [0.15, 0.2) is 11.5 Å². The summed E-state index contributed by atoms with van der Waals surface area (Å²) < 4.78 is 15.1. The molecule has 2 aliphatic rings. The van der Waals surface area contributed by atoms with Crippen LogP contribution in [0.1, 0.15) is 55.8 Å². The van der Waals surface area contributed by atoms with Gasteiger partial charge in [0.25, 0.3) is 0 Å².